The van der Waals surface area contributed by atoms with Crippen LogP contribution in [0.25, 0.3) is 0 Å². The van der Waals surface area contributed by atoms with Crippen molar-refractivity contribution in [3.05, 3.63) is 23.8 Å². The number of anilines is 1. The molecule has 2 atom stereocenters. The summed E-state index contributed by atoms with van der Waals surface area (Å²) < 4.78 is 5.21. The fraction of sp³-hybridized carbons (Fsp3) is 0.467. The number of hydrogen-bond donors (Lipinski definition) is 2. The van der Waals surface area contributed by atoms with Crippen molar-refractivity contribution in [2.24, 2.45) is 5.92 Å². The second kappa shape index (κ2) is 6.03. The van der Waals surface area contributed by atoms with Crippen LogP contribution in [0.5, 0.6) is 5.75 Å². The van der Waals surface area contributed by atoms with Crippen molar-refractivity contribution < 1.29 is 19.4 Å². The SMILES string of the molecule is COc1ccc(C)cc1NC(=O)N1CCC(C)C1C(=O)O. The molecule has 2 rings (SSSR count). The van der Waals surface area contributed by atoms with Gasteiger partial charge in [0.1, 0.15) is 11.8 Å². The lowest BCUT2D eigenvalue weighted by atomic mass is 10.0. The van der Waals surface area contributed by atoms with Gasteiger partial charge in [-0.15, -0.1) is 0 Å². The van der Waals surface area contributed by atoms with E-state index in [1.165, 1.54) is 12.0 Å². The van der Waals surface area contributed by atoms with Crippen LogP contribution in [-0.2, 0) is 4.79 Å². The Morgan fingerprint density at radius 2 is 2.14 bits per heavy atom. The number of carbonyl (C=O) groups excluding carboxylic acids is 1. The van der Waals surface area contributed by atoms with Gasteiger partial charge in [0.05, 0.1) is 12.8 Å². The first-order valence-electron chi connectivity index (χ1n) is 6.89. The first-order valence-corrected chi connectivity index (χ1v) is 6.89. The molecule has 1 fully saturated rings. The van der Waals surface area contributed by atoms with Crippen LogP contribution in [0.3, 0.4) is 0 Å². The first kappa shape index (κ1) is 15.2. The number of carboxylic acids is 1. The van der Waals surface area contributed by atoms with E-state index >= 15 is 0 Å². The smallest absolute Gasteiger partial charge is 0.326 e. The van der Waals surface area contributed by atoms with Gasteiger partial charge in [0, 0.05) is 6.54 Å². The third-order valence-corrected chi connectivity index (χ3v) is 3.81. The van der Waals surface area contributed by atoms with Gasteiger partial charge in [0.25, 0.3) is 0 Å². The molecule has 1 aliphatic rings. The minimum Gasteiger partial charge on any atom is -0.495 e. The average Bonchev–Trinajstić information content (AvgIpc) is 2.81. The van der Waals surface area contributed by atoms with Crippen LogP contribution in [0, 0.1) is 12.8 Å². The van der Waals surface area contributed by atoms with Crippen molar-refractivity contribution in [2.75, 3.05) is 19.0 Å². The van der Waals surface area contributed by atoms with E-state index < -0.39 is 18.0 Å². The van der Waals surface area contributed by atoms with Crippen LogP contribution >= 0.6 is 0 Å². The number of carboxylic acid groups (broad SMARTS) is 1. The Bertz CT molecular complexity index is 559. The number of methoxy groups -OCH3 is 1. The van der Waals surface area contributed by atoms with Gasteiger partial charge in [-0.25, -0.2) is 9.59 Å². The molecule has 2 unspecified atom stereocenters. The first-order chi connectivity index (χ1) is 9.93. The molecule has 2 N–H and O–H groups in total. The van der Waals surface area contributed by atoms with Gasteiger partial charge in [-0.1, -0.05) is 13.0 Å². The molecule has 2 amide bonds. The van der Waals surface area contributed by atoms with Gasteiger partial charge in [-0.3, -0.25) is 0 Å². The number of aliphatic carboxylic acids is 1. The molecule has 0 radical (unpaired) electrons. The molecule has 0 saturated carbocycles. The van der Waals surface area contributed by atoms with Gasteiger partial charge in [0.2, 0.25) is 0 Å². The topological polar surface area (TPSA) is 78.9 Å². The summed E-state index contributed by atoms with van der Waals surface area (Å²) in [7, 11) is 1.53. The summed E-state index contributed by atoms with van der Waals surface area (Å²) in [5.41, 5.74) is 1.53. The molecule has 1 aromatic rings. The number of nitrogens with zero attached hydrogens (tertiary/aromatic N) is 1. The second-order valence-electron chi connectivity index (χ2n) is 5.38. The maximum absolute atomic E-state index is 12.4. The third kappa shape index (κ3) is 3.09. The summed E-state index contributed by atoms with van der Waals surface area (Å²) in [4.78, 5) is 25.0. The fourth-order valence-corrected chi connectivity index (χ4v) is 2.66. The van der Waals surface area contributed by atoms with E-state index in [0.717, 1.165) is 5.56 Å². The van der Waals surface area contributed by atoms with E-state index in [9.17, 15) is 14.7 Å². The second-order valence-corrected chi connectivity index (χ2v) is 5.38. The van der Waals surface area contributed by atoms with Gasteiger partial charge in [-0.05, 0) is 37.0 Å². The molecule has 1 saturated heterocycles. The van der Waals surface area contributed by atoms with Gasteiger partial charge in [0.15, 0.2) is 0 Å². The number of carbonyl (C=O) groups is 2. The number of amides is 2. The lowest BCUT2D eigenvalue weighted by Gasteiger charge is -2.24. The van der Waals surface area contributed by atoms with E-state index in [1.807, 2.05) is 19.9 Å². The zero-order valence-electron chi connectivity index (χ0n) is 12.4. The molecule has 6 heteroatoms. The normalized spacial score (nSPS) is 21.2. The number of nitrogens with one attached hydrogen (secondary N) is 1. The zero-order valence-corrected chi connectivity index (χ0v) is 12.4. The Hall–Kier alpha value is -2.24. The number of rotatable bonds is 3. The molecule has 0 aromatic heterocycles. The molecular weight excluding hydrogens is 272 g/mol. The fourth-order valence-electron chi connectivity index (χ4n) is 2.66. The lowest BCUT2D eigenvalue weighted by molar-refractivity contribution is -0.142. The molecule has 0 aliphatic carbocycles. The highest BCUT2D eigenvalue weighted by Crippen LogP contribution is 2.28. The summed E-state index contributed by atoms with van der Waals surface area (Å²) in [5, 5.41) is 12.0. The zero-order chi connectivity index (χ0) is 15.6. The average molecular weight is 292 g/mol. The van der Waals surface area contributed by atoms with Crippen LogP contribution in [0.15, 0.2) is 18.2 Å². The number of aryl methyl sites for hydroxylation is 1. The molecule has 1 aliphatic heterocycles. The van der Waals surface area contributed by atoms with Crippen LogP contribution < -0.4 is 10.1 Å². The number of hydrogen-bond acceptors (Lipinski definition) is 3. The monoisotopic (exact) mass is 292 g/mol. The van der Waals surface area contributed by atoms with Crippen molar-refractivity contribution in [1.29, 1.82) is 0 Å². The highest BCUT2D eigenvalue weighted by molar-refractivity contribution is 5.94. The summed E-state index contributed by atoms with van der Waals surface area (Å²) in [6.45, 7) is 4.20. The van der Waals surface area contributed by atoms with E-state index in [-0.39, 0.29) is 5.92 Å². The molecule has 1 aromatic carbocycles. The van der Waals surface area contributed by atoms with E-state index in [2.05, 4.69) is 5.32 Å². The van der Waals surface area contributed by atoms with Crippen LogP contribution in [-0.4, -0.2) is 41.7 Å². The summed E-state index contributed by atoms with van der Waals surface area (Å²) in [5.74, 6) is -0.466. The van der Waals surface area contributed by atoms with Crippen molar-refractivity contribution >= 4 is 17.7 Å². The minimum atomic E-state index is -0.966. The Morgan fingerprint density at radius 1 is 1.43 bits per heavy atom. The maximum Gasteiger partial charge on any atom is 0.326 e. The predicted molar refractivity (Wildman–Crippen MR) is 78.7 cm³/mol. The van der Waals surface area contributed by atoms with Crippen molar-refractivity contribution in [3.63, 3.8) is 0 Å². The Kier molecular flexibility index (Phi) is 4.35. The van der Waals surface area contributed by atoms with Gasteiger partial charge in [-0.2, -0.15) is 0 Å². The molecular formula is C15H20N2O4. The lowest BCUT2D eigenvalue weighted by Crippen LogP contribution is -2.44. The molecule has 114 valence electrons. The highest BCUT2D eigenvalue weighted by Gasteiger charge is 2.39. The standard InChI is InChI=1S/C15H20N2O4/c1-9-4-5-12(21-3)11(8-9)16-15(20)17-7-6-10(2)13(17)14(18)19/h4-5,8,10,13H,6-7H2,1-3H3,(H,16,20)(H,18,19). The van der Waals surface area contributed by atoms with Gasteiger partial charge < -0.3 is 20.1 Å². The Labute approximate surface area is 123 Å². The molecule has 6 nitrogen and oxygen atoms in total. The Morgan fingerprint density at radius 3 is 2.76 bits per heavy atom. The summed E-state index contributed by atoms with van der Waals surface area (Å²) in [6.07, 6.45) is 0.690. The van der Waals surface area contributed by atoms with Crippen molar-refractivity contribution in [3.8, 4) is 5.75 Å². The van der Waals surface area contributed by atoms with E-state index in [1.54, 1.807) is 12.1 Å². The molecule has 0 bridgehead atoms. The van der Waals surface area contributed by atoms with Crippen LogP contribution in [0.4, 0.5) is 10.5 Å². The predicted octanol–water partition coefficient (Wildman–Crippen LogP) is 2.33. The van der Waals surface area contributed by atoms with Gasteiger partial charge >= 0.3 is 12.0 Å². The third-order valence-electron chi connectivity index (χ3n) is 3.81. The van der Waals surface area contributed by atoms with Crippen molar-refractivity contribution in [2.45, 2.75) is 26.3 Å². The van der Waals surface area contributed by atoms with Crippen LogP contribution in [0.2, 0.25) is 0 Å². The summed E-state index contributed by atoms with van der Waals surface area (Å²) in [6, 6.07) is 4.27. The van der Waals surface area contributed by atoms with Crippen LogP contribution in [0.1, 0.15) is 18.9 Å². The van der Waals surface area contributed by atoms with E-state index in [0.29, 0.717) is 24.4 Å². The molecule has 1 heterocycles. The highest BCUT2D eigenvalue weighted by atomic mass is 16.5. The quantitative estimate of drug-likeness (QED) is 0.896. The number of likely N-dealkylation sites (tertiary alicyclic amines) is 1. The Balaban J connectivity index is 2.18. The number of benzene rings is 1. The number of urea groups is 1. The molecule has 21 heavy (non-hydrogen) atoms. The molecule has 0 spiro atoms. The number of ether oxygens (including phenoxy) is 1. The summed E-state index contributed by atoms with van der Waals surface area (Å²) >= 11 is 0. The van der Waals surface area contributed by atoms with E-state index in [4.69, 9.17) is 4.74 Å². The minimum absolute atomic E-state index is 0.0485. The largest absolute Gasteiger partial charge is 0.495 e. The maximum atomic E-state index is 12.4. The van der Waals surface area contributed by atoms with Crippen molar-refractivity contribution in [1.82, 2.24) is 4.90 Å².